The van der Waals surface area contributed by atoms with Crippen LogP contribution in [0.15, 0.2) is 42.5 Å². The zero-order valence-corrected chi connectivity index (χ0v) is 12.4. The summed E-state index contributed by atoms with van der Waals surface area (Å²) in [7, 11) is 0. The van der Waals surface area contributed by atoms with Gasteiger partial charge in [0.2, 0.25) is 0 Å². The molecule has 0 saturated heterocycles. The zero-order chi connectivity index (χ0) is 15.2. The van der Waals surface area contributed by atoms with Crippen LogP contribution in [-0.2, 0) is 0 Å². The Kier molecular flexibility index (Phi) is 5.31. The Morgan fingerprint density at radius 1 is 0.952 bits per heavy atom. The van der Waals surface area contributed by atoms with E-state index in [1.165, 1.54) is 12.1 Å². The molecular weight excluding hydrogens is 315 g/mol. The second-order valence-corrected chi connectivity index (χ2v) is 4.97. The van der Waals surface area contributed by atoms with Crippen molar-refractivity contribution in [3.8, 4) is 11.5 Å². The van der Waals surface area contributed by atoms with Gasteiger partial charge in [-0.25, -0.2) is 4.79 Å². The van der Waals surface area contributed by atoms with Crippen LogP contribution < -0.4 is 9.47 Å². The van der Waals surface area contributed by atoms with Gasteiger partial charge in [0.05, 0.1) is 0 Å². The Morgan fingerprint density at radius 2 is 1.57 bits per heavy atom. The van der Waals surface area contributed by atoms with Gasteiger partial charge in [0.15, 0.2) is 0 Å². The summed E-state index contributed by atoms with van der Waals surface area (Å²) < 4.78 is 10.9. The van der Waals surface area contributed by atoms with E-state index in [1.807, 2.05) is 0 Å². The Balaban J connectivity index is 1.89. The lowest BCUT2D eigenvalue weighted by molar-refractivity contribution is 0.0691. The molecule has 2 aromatic carbocycles. The average molecular weight is 327 g/mol. The Morgan fingerprint density at radius 3 is 2.24 bits per heavy atom. The molecular formula is C15H12Cl2O4. The van der Waals surface area contributed by atoms with E-state index >= 15 is 0 Å². The van der Waals surface area contributed by atoms with Gasteiger partial charge in [-0.15, -0.1) is 0 Å². The van der Waals surface area contributed by atoms with Gasteiger partial charge in [-0.3, -0.25) is 0 Å². The number of carboxylic acid groups (broad SMARTS) is 1. The molecule has 0 spiro atoms. The Bertz CT molecular complexity index is 626. The summed E-state index contributed by atoms with van der Waals surface area (Å²) in [6, 6.07) is 11.4. The lowest BCUT2D eigenvalue weighted by Crippen LogP contribution is -2.11. The highest BCUT2D eigenvalue weighted by atomic mass is 35.5. The maximum absolute atomic E-state index is 11.1. The molecule has 0 atom stereocenters. The van der Waals surface area contributed by atoms with Crippen LogP contribution in [0.25, 0.3) is 0 Å². The van der Waals surface area contributed by atoms with Crippen molar-refractivity contribution in [1.82, 2.24) is 0 Å². The first-order chi connectivity index (χ1) is 10.1. The van der Waals surface area contributed by atoms with E-state index in [4.69, 9.17) is 37.8 Å². The molecule has 21 heavy (non-hydrogen) atoms. The van der Waals surface area contributed by atoms with Crippen LogP contribution in [0, 0.1) is 0 Å². The molecule has 0 bridgehead atoms. The highest BCUT2D eigenvalue weighted by Crippen LogP contribution is 2.23. The van der Waals surface area contributed by atoms with E-state index in [0.717, 1.165) is 0 Å². The largest absolute Gasteiger partial charge is 0.490 e. The van der Waals surface area contributed by atoms with Gasteiger partial charge in [0, 0.05) is 10.0 Å². The maximum atomic E-state index is 11.1. The van der Waals surface area contributed by atoms with Crippen molar-refractivity contribution in [3.63, 3.8) is 0 Å². The van der Waals surface area contributed by atoms with E-state index in [9.17, 15) is 4.79 Å². The maximum Gasteiger partial charge on any atom is 0.339 e. The second-order valence-electron chi connectivity index (χ2n) is 4.10. The second kappa shape index (κ2) is 7.20. The van der Waals surface area contributed by atoms with E-state index in [-0.39, 0.29) is 24.5 Å². The van der Waals surface area contributed by atoms with E-state index in [2.05, 4.69) is 0 Å². The summed E-state index contributed by atoms with van der Waals surface area (Å²) in [5.41, 5.74) is 0.0222. The molecule has 1 N–H and O–H groups in total. The molecule has 0 aliphatic rings. The predicted octanol–water partition coefficient (Wildman–Crippen LogP) is 4.15. The molecule has 4 nitrogen and oxygen atoms in total. The van der Waals surface area contributed by atoms with Gasteiger partial charge in [-0.1, -0.05) is 23.2 Å². The van der Waals surface area contributed by atoms with Crippen LogP contribution >= 0.6 is 23.2 Å². The number of rotatable bonds is 6. The topological polar surface area (TPSA) is 55.8 Å². The van der Waals surface area contributed by atoms with Crippen molar-refractivity contribution in [2.24, 2.45) is 0 Å². The SMILES string of the molecule is O=C(O)c1cc(Cl)ccc1OCCOc1ccc(Cl)cc1. The lowest BCUT2D eigenvalue weighted by atomic mass is 10.2. The van der Waals surface area contributed by atoms with Crippen LogP contribution in [0.4, 0.5) is 0 Å². The summed E-state index contributed by atoms with van der Waals surface area (Å²) in [6.45, 7) is 0.494. The molecule has 2 rings (SSSR count). The molecule has 0 aromatic heterocycles. The molecule has 2 aromatic rings. The summed E-state index contributed by atoms with van der Waals surface area (Å²) in [6.07, 6.45) is 0. The third kappa shape index (κ3) is 4.55. The van der Waals surface area contributed by atoms with E-state index < -0.39 is 5.97 Å². The fourth-order valence-electron chi connectivity index (χ4n) is 1.64. The molecule has 110 valence electrons. The van der Waals surface area contributed by atoms with Gasteiger partial charge in [0.1, 0.15) is 30.3 Å². The first-order valence-electron chi connectivity index (χ1n) is 6.10. The van der Waals surface area contributed by atoms with Crippen molar-refractivity contribution < 1.29 is 19.4 Å². The average Bonchev–Trinajstić information content (AvgIpc) is 2.46. The van der Waals surface area contributed by atoms with Gasteiger partial charge >= 0.3 is 5.97 Å². The monoisotopic (exact) mass is 326 g/mol. The third-order valence-electron chi connectivity index (χ3n) is 2.60. The van der Waals surface area contributed by atoms with Crippen molar-refractivity contribution >= 4 is 29.2 Å². The highest BCUT2D eigenvalue weighted by molar-refractivity contribution is 6.31. The number of benzene rings is 2. The molecule has 0 amide bonds. The summed E-state index contributed by atoms with van der Waals surface area (Å²) in [5.74, 6) is -0.171. The molecule has 0 aliphatic carbocycles. The first kappa shape index (κ1) is 15.5. The number of aromatic carboxylic acids is 1. The van der Waals surface area contributed by atoms with Crippen molar-refractivity contribution in [2.75, 3.05) is 13.2 Å². The molecule has 0 fully saturated rings. The fourth-order valence-corrected chi connectivity index (χ4v) is 1.94. The van der Waals surface area contributed by atoms with Crippen LogP contribution in [0.5, 0.6) is 11.5 Å². The summed E-state index contributed by atoms with van der Waals surface area (Å²) in [4.78, 5) is 11.1. The number of hydrogen-bond donors (Lipinski definition) is 1. The molecule has 0 saturated carbocycles. The number of carboxylic acids is 1. The van der Waals surface area contributed by atoms with Gasteiger partial charge in [0.25, 0.3) is 0 Å². The number of carbonyl (C=O) groups is 1. The summed E-state index contributed by atoms with van der Waals surface area (Å²) in [5, 5.41) is 10.0. The molecule has 0 aliphatic heterocycles. The zero-order valence-electron chi connectivity index (χ0n) is 10.9. The number of hydrogen-bond acceptors (Lipinski definition) is 3. The van der Waals surface area contributed by atoms with Crippen LogP contribution in [0.2, 0.25) is 10.0 Å². The van der Waals surface area contributed by atoms with E-state index in [1.54, 1.807) is 30.3 Å². The van der Waals surface area contributed by atoms with Crippen molar-refractivity contribution in [2.45, 2.75) is 0 Å². The summed E-state index contributed by atoms with van der Waals surface area (Å²) >= 11 is 11.5. The Hall–Kier alpha value is -1.91. The van der Waals surface area contributed by atoms with Gasteiger partial charge in [-0.2, -0.15) is 0 Å². The van der Waals surface area contributed by atoms with E-state index in [0.29, 0.717) is 15.8 Å². The minimum atomic E-state index is -1.09. The predicted molar refractivity (Wildman–Crippen MR) is 80.9 cm³/mol. The number of halogens is 2. The fraction of sp³-hybridized carbons (Fsp3) is 0.133. The first-order valence-corrected chi connectivity index (χ1v) is 6.86. The van der Waals surface area contributed by atoms with Crippen LogP contribution in [0.3, 0.4) is 0 Å². The lowest BCUT2D eigenvalue weighted by Gasteiger charge is -2.10. The smallest absolute Gasteiger partial charge is 0.339 e. The quantitative estimate of drug-likeness (QED) is 0.810. The molecule has 0 heterocycles. The third-order valence-corrected chi connectivity index (χ3v) is 3.08. The van der Waals surface area contributed by atoms with Crippen molar-refractivity contribution in [1.29, 1.82) is 0 Å². The highest BCUT2D eigenvalue weighted by Gasteiger charge is 2.11. The standard InChI is InChI=1S/C15H12Cl2O4/c16-10-1-4-12(5-2-10)20-7-8-21-14-6-3-11(17)9-13(14)15(18)19/h1-6,9H,7-8H2,(H,18,19). The van der Waals surface area contributed by atoms with Crippen LogP contribution in [-0.4, -0.2) is 24.3 Å². The Labute approximate surface area is 131 Å². The minimum absolute atomic E-state index is 0.0222. The molecule has 6 heteroatoms. The van der Waals surface area contributed by atoms with Crippen LogP contribution in [0.1, 0.15) is 10.4 Å². The molecule has 0 radical (unpaired) electrons. The normalized spacial score (nSPS) is 10.2. The van der Waals surface area contributed by atoms with Gasteiger partial charge < -0.3 is 14.6 Å². The van der Waals surface area contributed by atoms with Gasteiger partial charge in [-0.05, 0) is 42.5 Å². The molecule has 0 unspecified atom stereocenters. The number of ether oxygens (including phenoxy) is 2. The van der Waals surface area contributed by atoms with Crippen molar-refractivity contribution in [3.05, 3.63) is 58.1 Å². The minimum Gasteiger partial charge on any atom is -0.490 e.